The monoisotopic (exact) mass is 358 g/mol. The highest BCUT2D eigenvalue weighted by Crippen LogP contribution is 2.36. The van der Waals surface area contributed by atoms with Gasteiger partial charge < -0.3 is 15.0 Å². The Morgan fingerprint density at radius 1 is 0.926 bits per heavy atom. The Bertz CT molecular complexity index is 940. The highest BCUT2D eigenvalue weighted by Gasteiger charge is 2.33. The highest BCUT2D eigenvalue weighted by atomic mass is 16.5. The van der Waals surface area contributed by atoms with E-state index in [0.29, 0.717) is 12.1 Å². The number of nitrogens with zero attached hydrogens (tertiary/aromatic N) is 1. The minimum atomic E-state index is -0.271. The fraction of sp³-hybridized carbons (Fsp3) is 0.174. The van der Waals surface area contributed by atoms with Crippen LogP contribution in [0.15, 0.2) is 78.9 Å². The summed E-state index contributed by atoms with van der Waals surface area (Å²) in [7, 11) is 1.66. The molecule has 3 aromatic rings. The quantitative estimate of drug-likeness (QED) is 0.730. The number of hydrogen-bond acceptors (Lipinski definition) is 3. The molecular formula is C23H22N2O2. The maximum absolute atomic E-state index is 13.3. The number of carbonyl (C=O) groups excluding carboxylic acids is 1. The second kappa shape index (κ2) is 7.54. The van der Waals surface area contributed by atoms with Gasteiger partial charge in [-0.05, 0) is 30.2 Å². The van der Waals surface area contributed by atoms with Gasteiger partial charge in [-0.3, -0.25) is 4.79 Å². The Morgan fingerprint density at radius 3 is 2.44 bits per heavy atom. The third kappa shape index (κ3) is 3.38. The van der Waals surface area contributed by atoms with Gasteiger partial charge >= 0.3 is 0 Å². The molecule has 0 unspecified atom stereocenters. The molecule has 1 amide bonds. The van der Waals surface area contributed by atoms with Crippen molar-refractivity contribution in [3.05, 3.63) is 95.6 Å². The summed E-state index contributed by atoms with van der Waals surface area (Å²) >= 11 is 0. The average molecular weight is 358 g/mol. The van der Waals surface area contributed by atoms with Crippen LogP contribution >= 0.6 is 0 Å². The van der Waals surface area contributed by atoms with Crippen molar-refractivity contribution in [3.63, 3.8) is 0 Å². The lowest BCUT2D eigenvalue weighted by Crippen LogP contribution is -2.44. The summed E-state index contributed by atoms with van der Waals surface area (Å²) in [5.41, 5.74) is 3.73. The SMILES string of the molecule is COc1ccccc1[C@H]1Nc2ccccc2C(=O)N1CCc1ccccc1. The van der Waals surface area contributed by atoms with Gasteiger partial charge in [0, 0.05) is 17.8 Å². The second-order valence-corrected chi connectivity index (χ2v) is 6.57. The number of nitrogens with one attached hydrogen (secondary N) is 1. The standard InChI is InChI=1S/C23H22N2O2/c1-27-21-14-8-6-12-19(21)22-24-20-13-7-5-11-18(20)23(26)25(22)16-15-17-9-3-2-4-10-17/h2-14,22,24H,15-16H2,1H3/t22-/m0/s1. The average Bonchev–Trinajstić information content (AvgIpc) is 2.73. The molecule has 0 radical (unpaired) electrons. The van der Waals surface area contributed by atoms with Crippen LogP contribution in [0.25, 0.3) is 0 Å². The van der Waals surface area contributed by atoms with Crippen LogP contribution in [-0.2, 0) is 6.42 Å². The first-order valence-corrected chi connectivity index (χ1v) is 9.11. The van der Waals surface area contributed by atoms with Crippen LogP contribution in [0.4, 0.5) is 5.69 Å². The van der Waals surface area contributed by atoms with E-state index in [9.17, 15) is 4.79 Å². The number of fused-ring (bicyclic) bond motifs is 1. The molecule has 136 valence electrons. The van der Waals surface area contributed by atoms with Crippen molar-refractivity contribution in [1.82, 2.24) is 4.90 Å². The van der Waals surface area contributed by atoms with Gasteiger partial charge in [-0.2, -0.15) is 0 Å². The van der Waals surface area contributed by atoms with Crippen molar-refractivity contribution in [3.8, 4) is 5.75 Å². The van der Waals surface area contributed by atoms with Gasteiger partial charge in [0.15, 0.2) is 0 Å². The van der Waals surface area contributed by atoms with Crippen molar-refractivity contribution in [2.75, 3.05) is 19.0 Å². The summed E-state index contributed by atoms with van der Waals surface area (Å²) in [5.74, 6) is 0.808. The van der Waals surface area contributed by atoms with E-state index < -0.39 is 0 Å². The zero-order valence-electron chi connectivity index (χ0n) is 15.3. The molecule has 27 heavy (non-hydrogen) atoms. The van der Waals surface area contributed by atoms with E-state index in [1.807, 2.05) is 71.6 Å². The molecule has 1 atom stereocenters. The molecular weight excluding hydrogens is 336 g/mol. The number of ether oxygens (including phenoxy) is 1. The number of methoxy groups -OCH3 is 1. The topological polar surface area (TPSA) is 41.6 Å². The molecule has 0 aliphatic carbocycles. The Kier molecular flexibility index (Phi) is 4.79. The molecule has 0 aromatic heterocycles. The van der Waals surface area contributed by atoms with Crippen LogP contribution < -0.4 is 10.1 Å². The number of carbonyl (C=O) groups is 1. The third-order valence-corrected chi connectivity index (χ3v) is 4.94. The summed E-state index contributed by atoms with van der Waals surface area (Å²) in [6, 6.07) is 25.8. The van der Waals surface area contributed by atoms with E-state index in [4.69, 9.17) is 4.74 Å². The molecule has 1 aliphatic rings. The summed E-state index contributed by atoms with van der Waals surface area (Å²) in [6.45, 7) is 0.618. The van der Waals surface area contributed by atoms with E-state index in [1.54, 1.807) is 7.11 Å². The smallest absolute Gasteiger partial charge is 0.257 e. The lowest BCUT2D eigenvalue weighted by Gasteiger charge is -2.38. The Morgan fingerprint density at radius 2 is 1.63 bits per heavy atom. The zero-order chi connectivity index (χ0) is 18.6. The van der Waals surface area contributed by atoms with Gasteiger partial charge in [-0.25, -0.2) is 0 Å². The molecule has 0 spiro atoms. The van der Waals surface area contributed by atoms with Crippen LogP contribution in [0, 0.1) is 0 Å². The van der Waals surface area contributed by atoms with E-state index in [0.717, 1.165) is 23.4 Å². The minimum absolute atomic E-state index is 0.0381. The van der Waals surface area contributed by atoms with E-state index >= 15 is 0 Å². The van der Waals surface area contributed by atoms with Gasteiger partial charge in [0.2, 0.25) is 0 Å². The number of benzene rings is 3. The van der Waals surface area contributed by atoms with E-state index in [2.05, 4.69) is 17.4 Å². The zero-order valence-corrected chi connectivity index (χ0v) is 15.3. The first-order chi connectivity index (χ1) is 13.3. The summed E-state index contributed by atoms with van der Waals surface area (Å²) < 4.78 is 5.55. The van der Waals surface area contributed by atoms with Gasteiger partial charge in [0.1, 0.15) is 11.9 Å². The Labute approximate surface area is 159 Å². The molecule has 4 nitrogen and oxygen atoms in total. The molecule has 4 rings (SSSR count). The number of hydrogen-bond donors (Lipinski definition) is 1. The lowest BCUT2D eigenvalue weighted by atomic mass is 10.0. The molecule has 0 saturated heterocycles. The van der Waals surface area contributed by atoms with Gasteiger partial charge in [-0.1, -0.05) is 60.7 Å². The number of anilines is 1. The van der Waals surface area contributed by atoms with Crippen LogP contribution in [0.3, 0.4) is 0 Å². The largest absolute Gasteiger partial charge is 0.496 e. The van der Waals surface area contributed by atoms with Gasteiger partial charge in [-0.15, -0.1) is 0 Å². The first-order valence-electron chi connectivity index (χ1n) is 9.11. The number of rotatable bonds is 5. The molecule has 1 aliphatic heterocycles. The molecule has 0 bridgehead atoms. The summed E-state index contributed by atoms with van der Waals surface area (Å²) in [5, 5.41) is 3.53. The first kappa shape index (κ1) is 17.2. The number of amides is 1. The minimum Gasteiger partial charge on any atom is -0.496 e. The van der Waals surface area contributed by atoms with Crippen molar-refractivity contribution >= 4 is 11.6 Å². The molecule has 0 fully saturated rings. The van der Waals surface area contributed by atoms with Crippen molar-refractivity contribution in [2.45, 2.75) is 12.6 Å². The molecule has 1 N–H and O–H groups in total. The molecule has 4 heteroatoms. The highest BCUT2D eigenvalue weighted by molar-refractivity contribution is 6.01. The molecule has 0 saturated carbocycles. The van der Waals surface area contributed by atoms with E-state index in [1.165, 1.54) is 5.56 Å². The predicted octanol–water partition coefficient (Wildman–Crippen LogP) is 4.50. The fourth-order valence-corrected chi connectivity index (χ4v) is 3.56. The van der Waals surface area contributed by atoms with Crippen LogP contribution in [0.5, 0.6) is 5.75 Å². The van der Waals surface area contributed by atoms with Crippen LogP contribution in [0.2, 0.25) is 0 Å². The maximum Gasteiger partial charge on any atom is 0.257 e. The Balaban J connectivity index is 1.70. The molecule has 1 heterocycles. The Hall–Kier alpha value is -3.27. The summed E-state index contributed by atoms with van der Waals surface area (Å²) in [6.07, 6.45) is 0.523. The lowest BCUT2D eigenvalue weighted by molar-refractivity contribution is 0.0683. The van der Waals surface area contributed by atoms with Crippen molar-refractivity contribution in [1.29, 1.82) is 0 Å². The van der Waals surface area contributed by atoms with Crippen molar-refractivity contribution < 1.29 is 9.53 Å². The van der Waals surface area contributed by atoms with Crippen LogP contribution in [0.1, 0.15) is 27.7 Å². The normalized spacial score (nSPS) is 15.8. The van der Waals surface area contributed by atoms with E-state index in [-0.39, 0.29) is 12.1 Å². The van der Waals surface area contributed by atoms with Gasteiger partial charge in [0.25, 0.3) is 5.91 Å². The second-order valence-electron chi connectivity index (χ2n) is 6.57. The molecule has 3 aromatic carbocycles. The maximum atomic E-state index is 13.3. The predicted molar refractivity (Wildman–Crippen MR) is 107 cm³/mol. The summed E-state index contributed by atoms with van der Waals surface area (Å²) in [4.78, 5) is 15.2. The number of para-hydroxylation sites is 2. The fourth-order valence-electron chi connectivity index (χ4n) is 3.56. The van der Waals surface area contributed by atoms with Crippen molar-refractivity contribution in [2.24, 2.45) is 0 Å². The third-order valence-electron chi connectivity index (χ3n) is 4.94. The van der Waals surface area contributed by atoms with Gasteiger partial charge in [0.05, 0.1) is 12.7 Å². The van der Waals surface area contributed by atoms with Crippen LogP contribution in [-0.4, -0.2) is 24.5 Å².